The number of hydrogen-bond donors (Lipinski definition) is 1. The zero-order valence-electron chi connectivity index (χ0n) is 19.3. The van der Waals surface area contributed by atoms with Gasteiger partial charge in [0.15, 0.2) is 0 Å². The third kappa shape index (κ3) is 4.94. The molecular weight excluding hydrogens is 525 g/mol. The molecule has 0 bridgehead atoms. The van der Waals surface area contributed by atoms with Crippen LogP contribution in [-0.4, -0.2) is 17.1 Å². The largest absolute Gasteiger partial charge is 0.321 e. The Morgan fingerprint density at radius 3 is 2.43 bits per heavy atom. The number of anilines is 2. The van der Waals surface area contributed by atoms with Crippen LogP contribution < -0.4 is 10.2 Å². The van der Waals surface area contributed by atoms with Crippen molar-refractivity contribution in [2.75, 3.05) is 10.2 Å². The number of para-hydroxylation sites is 1. The number of hydrogen-bond acceptors (Lipinski definition) is 4. The molecule has 1 aliphatic rings. The van der Waals surface area contributed by atoms with Crippen LogP contribution in [0.4, 0.5) is 11.4 Å². The fourth-order valence-electron chi connectivity index (χ4n) is 4.22. The summed E-state index contributed by atoms with van der Waals surface area (Å²) in [6.07, 6.45) is 0.291. The number of benzene rings is 4. The number of carbonyl (C=O) groups excluding carboxylic acids is 2. The highest BCUT2D eigenvalue weighted by atomic mass is 35.5. The molecule has 5 rings (SSSR count). The van der Waals surface area contributed by atoms with Crippen molar-refractivity contribution in [2.45, 2.75) is 11.7 Å². The summed E-state index contributed by atoms with van der Waals surface area (Å²) in [7, 11) is 0. The Morgan fingerprint density at radius 1 is 0.946 bits per heavy atom. The summed E-state index contributed by atoms with van der Waals surface area (Å²) in [5, 5.41) is 15.2. The standard InChI is InChI=1S/C29H19Cl2N3O2S/c30-23-14-6-10-19(26(23)31)16-25-28(36)34(20-11-2-1-3-12-20)29(37-25)22(17-32)27(35)33-24-15-7-9-18-8-4-5-13-21(18)24/h1-15,25H,16H2,(H,33,35)/b29-22-/t25-/m1/s1. The van der Waals surface area contributed by atoms with Crippen LogP contribution in [0, 0.1) is 11.3 Å². The molecule has 2 amide bonds. The molecule has 182 valence electrons. The molecule has 0 spiro atoms. The van der Waals surface area contributed by atoms with Crippen LogP contribution in [0.1, 0.15) is 5.56 Å². The number of thioether (sulfide) groups is 1. The van der Waals surface area contributed by atoms with Crippen molar-refractivity contribution in [1.82, 2.24) is 0 Å². The summed E-state index contributed by atoms with van der Waals surface area (Å²) in [6.45, 7) is 0. The highest BCUT2D eigenvalue weighted by Gasteiger charge is 2.41. The lowest BCUT2D eigenvalue weighted by Gasteiger charge is -2.19. The maximum Gasteiger partial charge on any atom is 0.269 e. The quantitative estimate of drug-likeness (QED) is 0.213. The Hall–Kier alpha value is -3.76. The SMILES string of the molecule is N#C/C(C(=O)Nc1cccc2ccccc12)=C1/S[C@H](Cc2cccc(Cl)c2Cl)C(=O)N1c1ccccc1. The minimum absolute atomic E-state index is 0.144. The normalized spacial score (nSPS) is 16.5. The van der Waals surface area contributed by atoms with Gasteiger partial charge in [-0.3, -0.25) is 14.5 Å². The van der Waals surface area contributed by atoms with Crippen LogP contribution >= 0.6 is 35.0 Å². The Morgan fingerprint density at radius 2 is 1.65 bits per heavy atom. The number of nitriles is 1. The molecule has 0 radical (unpaired) electrons. The average molecular weight is 544 g/mol. The molecule has 4 aromatic carbocycles. The summed E-state index contributed by atoms with van der Waals surface area (Å²) in [5.41, 5.74) is 1.72. The van der Waals surface area contributed by atoms with E-state index in [4.69, 9.17) is 23.2 Å². The smallest absolute Gasteiger partial charge is 0.269 e. The molecule has 1 heterocycles. The Kier molecular flexibility index (Phi) is 7.20. The topological polar surface area (TPSA) is 73.2 Å². The molecule has 0 aliphatic carbocycles. The van der Waals surface area contributed by atoms with Gasteiger partial charge in [-0.25, -0.2) is 0 Å². The van der Waals surface area contributed by atoms with Crippen molar-refractivity contribution < 1.29 is 9.59 Å². The van der Waals surface area contributed by atoms with E-state index in [9.17, 15) is 14.9 Å². The van der Waals surface area contributed by atoms with Gasteiger partial charge < -0.3 is 5.32 Å². The van der Waals surface area contributed by atoms with E-state index in [2.05, 4.69) is 5.32 Å². The van der Waals surface area contributed by atoms with Gasteiger partial charge in [0.2, 0.25) is 5.91 Å². The number of rotatable bonds is 5. The van der Waals surface area contributed by atoms with E-state index in [-0.39, 0.29) is 16.5 Å². The van der Waals surface area contributed by atoms with E-state index < -0.39 is 11.2 Å². The van der Waals surface area contributed by atoms with Crippen molar-refractivity contribution in [3.05, 3.63) is 117 Å². The second kappa shape index (κ2) is 10.7. The molecule has 4 aromatic rings. The molecule has 1 N–H and O–H groups in total. The van der Waals surface area contributed by atoms with Gasteiger partial charge in [0.25, 0.3) is 5.91 Å². The highest BCUT2D eigenvalue weighted by Crippen LogP contribution is 2.43. The van der Waals surface area contributed by atoms with E-state index in [1.807, 2.05) is 54.6 Å². The Bertz CT molecular complexity index is 1590. The molecule has 1 fully saturated rings. The lowest BCUT2D eigenvalue weighted by atomic mass is 10.1. The maximum atomic E-state index is 13.6. The molecule has 8 heteroatoms. The third-order valence-electron chi connectivity index (χ3n) is 5.99. The lowest BCUT2D eigenvalue weighted by Crippen LogP contribution is -2.31. The first-order valence-corrected chi connectivity index (χ1v) is 13.0. The molecule has 5 nitrogen and oxygen atoms in total. The fourth-order valence-corrected chi connectivity index (χ4v) is 5.92. The van der Waals surface area contributed by atoms with Gasteiger partial charge in [-0.1, -0.05) is 102 Å². The lowest BCUT2D eigenvalue weighted by molar-refractivity contribution is -0.117. The van der Waals surface area contributed by atoms with Gasteiger partial charge in [-0.2, -0.15) is 5.26 Å². The number of fused-ring (bicyclic) bond motifs is 1. The second-order valence-corrected chi connectivity index (χ2v) is 10.3. The van der Waals surface area contributed by atoms with Gasteiger partial charge in [0.1, 0.15) is 16.7 Å². The minimum atomic E-state index is -0.597. The monoisotopic (exact) mass is 543 g/mol. The van der Waals surface area contributed by atoms with E-state index >= 15 is 0 Å². The van der Waals surface area contributed by atoms with Gasteiger partial charge in [-0.05, 0) is 41.6 Å². The molecule has 0 aromatic heterocycles. The molecule has 0 saturated carbocycles. The van der Waals surface area contributed by atoms with Crippen LogP contribution in [-0.2, 0) is 16.0 Å². The van der Waals surface area contributed by atoms with Crippen LogP contribution in [0.3, 0.4) is 0 Å². The van der Waals surface area contributed by atoms with Crippen molar-refractivity contribution in [2.24, 2.45) is 0 Å². The van der Waals surface area contributed by atoms with Crippen LogP contribution in [0.5, 0.6) is 0 Å². The number of halogens is 2. The van der Waals surface area contributed by atoms with Gasteiger partial charge >= 0.3 is 0 Å². The van der Waals surface area contributed by atoms with Gasteiger partial charge in [0.05, 0.1) is 15.3 Å². The highest BCUT2D eigenvalue weighted by molar-refractivity contribution is 8.05. The zero-order valence-corrected chi connectivity index (χ0v) is 21.6. The van der Waals surface area contributed by atoms with Crippen molar-refractivity contribution in [1.29, 1.82) is 5.26 Å². The number of nitrogens with zero attached hydrogens (tertiary/aromatic N) is 2. The Balaban J connectivity index is 1.54. The molecule has 1 atom stereocenters. The molecular formula is C29H19Cl2N3O2S. The second-order valence-electron chi connectivity index (χ2n) is 8.31. The molecule has 0 unspecified atom stereocenters. The summed E-state index contributed by atoms with van der Waals surface area (Å²) in [5.74, 6) is -0.829. The molecule has 1 aliphatic heterocycles. The predicted octanol–water partition coefficient (Wildman–Crippen LogP) is 7.21. The van der Waals surface area contributed by atoms with Crippen molar-refractivity contribution >= 4 is 68.9 Å². The first kappa shape index (κ1) is 24.9. The maximum absolute atomic E-state index is 13.6. The predicted molar refractivity (Wildman–Crippen MR) is 151 cm³/mol. The molecule has 1 saturated heterocycles. The summed E-state index contributed by atoms with van der Waals surface area (Å²) in [6, 6.07) is 29.5. The third-order valence-corrected chi connectivity index (χ3v) is 8.12. The summed E-state index contributed by atoms with van der Waals surface area (Å²) >= 11 is 13.8. The first-order valence-electron chi connectivity index (χ1n) is 11.4. The minimum Gasteiger partial charge on any atom is -0.321 e. The van der Waals surface area contributed by atoms with E-state index in [0.717, 1.165) is 10.8 Å². The summed E-state index contributed by atoms with van der Waals surface area (Å²) in [4.78, 5) is 28.5. The molecule has 37 heavy (non-hydrogen) atoms. The number of nitrogens with one attached hydrogen (secondary N) is 1. The fraction of sp³-hybridized carbons (Fsp3) is 0.0690. The first-order chi connectivity index (χ1) is 18.0. The van der Waals surface area contributed by atoms with Crippen LogP contribution in [0.2, 0.25) is 10.0 Å². The number of carbonyl (C=O) groups is 2. The van der Waals surface area contributed by atoms with E-state index in [1.165, 1.54) is 16.7 Å². The van der Waals surface area contributed by atoms with Crippen molar-refractivity contribution in [3.63, 3.8) is 0 Å². The Labute approximate surface area is 228 Å². The van der Waals surface area contributed by atoms with E-state index in [1.54, 1.807) is 42.5 Å². The number of amides is 2. The summed E-state index contributed by atoms with van der Waals surface area (Å²) < 4.78 is 0. The average Bonchev–Trinajstić information content (AvgIpc) is 3.23. The van der Waals surface area contributed by atoms with Crippen LogP contribution in [0.15, 0.2) is 102 Å². The van der Waals surface area contributed by atoms with Crippen molar-refractivity contribution in [3.8, 4) is 6.07 Å². The van der Waals surface area contributed by atoms with Gasteiger partial charge in [0, 0.05) is 16.8 Å². The van der Waals surface area contributed by atoms with Crippen LogP contribution in [0.25, 0.3) is 10.8 Å². The van der Waals surface area contributed by atoms with Gasteiger partial charge in [-0.15, -0.1) is 0 Å². The van der Waals surface area contributed by atoms with E-state index in [0.29, 0.717) is 33.4 Å². The zero-order chi connectivity index (χ0) is 25.9.